The van der Waals surface area contributed by atoms with Crippen molar-refractivity contribution in [3.05, 3.63) is 78.4 Å². The van der Waals surface area contributed by atoms with Crippen LogP contribution >= 0.6 is 0 Å². The molecule has 160 valence electrons. The van der Waals surface area contributed by atoms with Gasteiger partial charge in [-0.3, -0.25) is 9.10 Å². The van der Waals surface area contributed by atoms with Crippen LogP contribution < -0.4 is 19.1 Å². The van der Waals surface area contributed by atoms with Gasteiger partial charge in [0.2, 0.25) is 5.91 Å². The van der Waals surface area contributed by atoms with E-state index in [1.807, 2.05) is 6.92 Å². The van der Waals surface area contributed by atoms with Gasteiger partial charge in [0.25, 0.3) is 10.0 Å². The average Bonchev–Trinajstić information content (AvgIpc) is 2.78. The first-order chi connectivity index (χ1) is 14.9. The lowest BCUT2D eigenvalue weighted by atomic mass is 10.2. The normalized spacial score (nSPS) is 12.8. The zero-order chi connectivity index (χ0) is 21.8. The molecule has 0 aromatic heterocycles. The molecule has 1 N–H and O–H groups in total. The molecule has 8 heteroatoms. The summed E-state index contributed by atoms with van der Waals surface area (Å²) in [6.07, 6.45) is 0. The Balaban J connectivity index is 1.59. The summed E-state index contributed by atoms with van der Waals surface area (Å²) in [5.41, 5.74) is 1.84. The Kier molecular flexibility index (Phi) is 5.81. The van der Waals surface area contributed by atoms with Crippen molar-refractivity contribution < 1.29 is 22.7 Å². The van der Waals surface area contributed by atoms with Crippen LogP contribution in [0, 0.1) is 6.92 Å². The summed E-state index contributed by atoms with van der Waals surface area (Å²) < 4.78 is 38.8. The van der Waals surface area contributed by atoms with E-state index >= 15 is 0 Å². The molecular weight excluding hydrogens is 416 g/mol. The van der Waals surface area contributed by atoms with Crippen molar-refractivity contribution in [2.45, 2.75) is 11.8 Å². The highest BCUT2D eigenvalue weighted by atomic mass is 32.2. The lowest BCUT2D eigenvalue weighted by Crippen LogP contribution is -2.38. The molecule has 1 aliphatic rings. The molecule has 0 aliphatic carbocycles. The number of para-hydroxylation sites is 1. The number of nitrogens with one attached hydrogen (secondary N) is 1. The van der Waals surface area contributed by atoms with E-state index in [1.165, 1.54) is 0 Å². The average molecular weight is 439 g/mol. The first-order valence-corrected chi connectivity index (χ1v) is 11.2. The molecule has 1 aliphatic heterocycles. The van der Waals surface area contributed by atoms with E-state index in [2.05, 4.69) is 5.32 Å². The lowest BCUT2D eigenvalue weighted by molar-refractivity contribution is -0.114. The molecule has 31 heavy (non-hydrogen) atoms. The first-order valence-electron chi connectivity index (χ1n) is 9.77. The standard InChI is InChI=1S/C23H22N2O5S/c1-17-7-10-20(11-8-17)31(27,28)25(19-5-3-2-4-6-19)16-23(26)24-18-9-12-21-22(15-18)30-14-13-29-21/h2-12,15H,13-14,16H2,1H3,(H,24,26). The van der Waals surface area contributed by atoms with E-state index in [4.69, 9.17) is 9.47 Å². The number of carbonyl (C=O) groups is 1. The largest absolute Gasteiger partial charge is 0.486 e. The highest BCUT2D eigenvalue weighted by Gasteiger charge is 2.27. The number of sulfonamides is 1. The predicted molar refractivity (Wildman–Crippen MR) is 118 cm³/mol. The van der Waals surface area contributed by atoms with Crippen LogP contribution in [0.5, 0.6) is 11.5 Å². The minimum Gasteiger partial charge on any atom is -0.486 e. The molecule has 3 aromatic rings. The maximum absolute atomic E-state index is 13.3. The third-order valence-corrected chi connectivity index (χ3v) is 6.55. The van der Waals surface area contributed by atoms with Gasteiger partial charge in [-0.2, -0.15) is 0 Å². The number of rotatable bonds is 6. The summed E-state index contributed by atoms with van der Waals surface area (Å²) in [7, 11) is -3.94. The topological polar surface area (TPSA) is 84.9 Å². The molecule has 0 bridgehead atoms. The zero-order valence-electron chi connectivity index (χ0n) is 16.9. The van der Waals surface area contributed by atoms with Crippen LogP contribution in [0.3, 0.4) is 0 Å². The molecule has 0 fully saturated rings. The number of hydrogen-bond donors (Lipinski definition) is 1. The monoisotopic (exact) mass is 438 g/mol. The molecule has 4 rings (SSSR count). The Labute approximate surface area is 181 Å². The van der Waals surface area contributed by atoms with E-state index in [9.17, 15) is 13.2 Å². The fraction of sp³-hybridized carbons (Fsp3) is 0.174. The number of carbonyl (C=O) groups excluding carboxylic acids is 1. The lowest BCUT2D eigenvalue weighted by Gasteiger charge is -2.24. The van der Waals surface area contributed by atoms with Crippen molar-refractivity contribution in [3.8, 4) is 11.5 Å². The number of aryl methyl sites for hydroxylation is 1. The number of anilines is 2. The Bertz CT molecular complexity index is 1180. The van der Waals surface area contributed by atoms with Gasteiger partial charge >= 0.3 is 0 Å². The van der Waals surface area contributed by atoms with Crippen molar-refractivity contribution in [2.75, 3.05) is 29.4 Å². The van der Waals surface area contributed by atoms with Crippen molar-refractivity contribution in [3.63, 3.8) is 0 Å². The van der Waals surface area contributed by atoms with E-state index in [0.717, 1.165) is 9.87 Å². The number of amides is 1. The van der Waals surface area contributed by atoms with Crippen LogP contribution in [0.15, 0.2) is 77.7 Å². The minimum atomic E-state index is -3.94. The summed E-state index contributed by atoms with van der Waals surface area (Å²) in [6, 6.07) is 20.1. The number of benzene rings is 3. The minimum absolute atomic E-state index is 0.120. The highest BCUT2D eigenvalue weighted by molar-refractivity contribution is 7.92. The van der Waals surface area contributed by atoms with Crippen molar-refractivity contribution in [1.29, 1.82) is 0 Å². The number of nitrogens with zero attached hydrogens (tertiary/aromatic N) is 1. The van der Waals surface area contributed by atoms with Crippen LogP contribution in [0.2, 0.25) is 0 Å². The fourth-order valence-electron chi connectivity index (χ4n) is 3.20. The summed E-state index contributed by atoms with van der Waals surface area (Å²) in [6.45, 7) is 2.41. The van der Waals surface area contributed by atoms with Gasteiger partial charge in [-0.1, -0.05) is 35.9 Å². The van der Waals surface area contributed by atoms with E-state index in [0.29, 0.717) is 36.1 Å². The molecule has 1 heterocycles. The van der Waals surface area contributed by atoms with Gasteiger partial charge in [0.1, 0.15) is 19.8 Å². The van der Waals surface area contributed by atoms with Crippen LogP contribution in [-0.4, -0.2) is 34.1 Å². The maximum Gasteiger partial charge on any atom is 0.264 e. The number of ether oxygens (including phenoxy) is 2. The summed E-state index contributed by atoms with van der Waals surface area (Å²) in [5, 5.41) is 2.74. The molecule has 1 amide bonds. The van der Waals surface area contributed by atoms with Gasteiger partial charge in [0, 0.05) is 11.8 Å². The van der Waals surface area contributed by atoms with Crippen molar-refractivity contribution >= 4 is 27.3 Å². The quantitative estimate of drug-likeness (QED) is 0.636. The second-order valence-electron chi connectivity index (χ2n) is 7.07. The van der Waals surface area contributed by atoms with Gasteiger partial charge < -0.3 is 14.8 Å². The smallest absolute Gasteiger partial charge is 0.264 e. The van der Waals surface area contributed by atoms with Gasteiger partial charge in [0.15, 0.2) is 11.5 Å². The molecule has 0 saturated carbocycles. The third kappa shape index (κ3) is 4.64. The molecule has 7 nitrogen and oxygen atoms in total. The Morgan fingerprint density at radius 1 is 0.935 bits per heavy atom. The first kappa shape index (κ1) is 20.7. The van der Waals surface area contributed by atoms with E-state index in [1.54, 1.807) is 72.8 Å². The molecule has 3 aromatic carbocycles. The predicted octanol–water partition coefficient (Wildman–Crippen LogP) is 3.60. The molecule has 0 radical (unpaired) electrons. The second kappa shape index (κ2) is 8.69. The zero-order valence-corrected chi connectivity index (χ0v) is 17.8. The van der Waals surface area contributed by atoms with Crippen LogP contribution in [-0.2, 0) is 14.8 Å². The molecule has 0 saturated heterocycles. The summed E-state index contributed by atoms with van der Waals surface area (Å²) in [4.78, 5) is 12.9. The fourth-order valence-corrected chi connectivity index (χ4v) is 4.62. The van der Waals surface area contributed by atoms with Crippen molar-refractivity contribution in [1.82, 2.24) is 0 Å². The molecular formula is C23H22N2O5S. The summed E-state index contributed by atoms with van der Waals surface area (Å²) >= 11 is 0. The van der Waals surface area contributed by atoms with Gasteiger partial charge in [-0.15, -0.1) is 0 Å². The number of hydrogen-bond acceptors (Lipinski definition) is 5. The van der Waals surface area contributed by atoms with Crippen LogP contribution in [0.1, 0.15) is 5.56 Å². The highest BCUT2D eigenvalue weighted by Crippen LogP contribution is 2.32. The summed E-state index contributed by atoms with van der Waals surface area (Å²) in [5.74, 6) is 0.671. The van der Waals surface area contributed by atoms with E-state index in [-0.39, 0.29) is 11.4 Å². The van der Waals surface area contributed by atoms with Gasteiger partial charge in [-0.05, 0) is 43.3 Å². The van der Waals surface area contributed by atoms with E-state index < -0.39 is 15.9 Å². The molecule has 0 atom stereocenters. The van der Waals surface area contributed by atoms with Crippen LogP contribution in [0.4, 0.5) is 11.4 Å². The number of fused-ring (bicyclic) bond motifs is 1. The van der Waals surface area contributed by atoms with Crippen LogP contribution in [0.25, 0.3) is 0 Å². The molecule has 0 unspecified atom stereocenters. The second-order valence-corrected chi connectivity index (χ2v) is 8.93. The Hall–Kier alpha value is -3.52. The maximum atomic E-state index is 13.3. The molecule has 0 spiro atoms. The SMILES string of the molecule is Cc1ccc(S(=O)(=O)N(CC(=O)Nc2ccc3c(c2)OCCO3)c2ccccc2)cc1. The Morgan fingerprint density at radius 3 is 2.32 bits per heavy atom. The van der Waals surface area contributed by atoms with Gasteiger partial charge in [-0.25, -0.2) is 8.42 Å². The van der Waals surface area contributed by atoms with Crippen molar-refractivity contribution in [2.24, 2.45) is 0 Å². The Morgan fingerprint density at radius 2 is 1.61 bits per heavy atom. The van der Waals surface area contributed by atoms with Gasteiger partial charge in [0.05, 0.1) is 10.6 Å². The third-order valence-electron chi connectivity index (χ3n) is 4.77.